The summed E-state index contributed by atoms with van der Waals surface area (Å²) in [6.07, 6.45) is 10.0. The molecule has 22 heavy (non-hydrogen) atoms. The highest BCUT2D eigenvalue weighted by molar-refractivity contribution is 6.11. The molecule has 0 aromatic rings. The third-order valence-electron chi connectivity index (χ3n) is 4.18. The third-order valence-corrected chi connectivity index (χ3v) is 4.18. The van der Waals surface area contributed by atoms with Gasteiger partial charge in [-0.1, -0.05) is 65.2 Å². The number of hydrogen-bond donors (Lipinski definition) is 0. The van der Waals surface area contributed by atoms with Gasteiger partial charge in [0.25, 0.3) is 6.47 Å². The maximum atomic E-state index is 12.5. The average Bonchev–Trinajstić information content (AvgIpc) is 2.48. The number of carbonyl (C=O) groups excluding carboxylic acids is 2. The Kier molecular flexibility index (Phi) is 12.0. The quantitative estimate of drug-likeness (QED) is 0.162. The average molecular weight is 312 g/mol. The lowest BCUT2D eigenvalue weighted by atomic mass is 9.79. The van der Waals surface area contributed by atoms with E-state index in [2.05, 4.69) is 18.6 Å². The number of unbranched alkanes of at least 4 members (excludes halogenated alkanes) is 6. The lowest BCUT2D eigenvalue weighted by molar-refractivity contribution is -0.176. The molecule has 0 aliphatic rings. The summed E-state index contributed by atoms with van der Waals surface area (Å²) in [4.78, 5) is 22.8. The van der Waals surface area contributed by atoms with Crippen LogP contribution in [0.2, 0.25) is 0 Å². The Balaban J connectivity index is 4.51. The lowest BCUT2D eigenvalue weighted by Gasteiger charge is -2.29. The Hall–Kier alpha value is -0.995. The summed E-state index contributed by atoms with van der Waals surface area (Å²) >= 11 is 0. The molecule has 0 amide bonds. The van der Waals surface area contributed by atoms with Gasteiger partial charge in [0.1, 0.15) is 0 Å². The molecule has 0 aliphatic carbocycles. The van der Waals surface area contributed by atoms with Gasteiger partial charge < -0.3 is 9.47 Å². The lowest BCUT2D eigenvalue weighted by Crippen LogP contribution is -2.34. The highest BCUT2D eigenvalue weighted by Gasteiger charge is 2.34. The van der Waals surface area contributed by atoms with Crippen molar-refractivity contribution in [2.24, 2.45) is 5.41 Å². The molecule has 128 valence electrons. The SMILES string of the molecule is BC(OC=O)OC(=O)C(C)(CCCCCC)CCCCCC. The van der Waals surface area contributed by atoms with E-state index < -0.39 is 11.6 Å². The van der Waals surface area contributed by atoms with Crippen LogP contribution in [0, 0.1) is 5.41 Å². The largest absolute Gasteiger partial charge is 0.437 e. The number of rotatable bonds is 14. The van der Waals surface area contributed by atoms with Crippen LogP contribution in [0.5, 0.6) is 0 Å². The van der Waals surface area contributed by atoms with E-state index in [1.165, 1.54) is 25.7 Å². The molecule has 0 N–H and O–H groups in total. The molecule has 4 nitrogen and oxygen atoms in total. The zero-order valence-corrected chi connectivity index (χ0v) is 14.9. The molecule has 0 aliphatic heterocycles. The summed E-state index contributed by atoms with van der Waals surface area (Å²) in [7, 11) is 1.57. The van der Waals surface area contributed by atoms with Crippen molar-refractivity contribution in [2.75, 3.05) is 0 Å². The van der Waals surface area contributed by atoms with E-state index in [1.54, 1.807) is 7.85 Å². The van der Waals surface area contributed by atoms with E-state index in [0.29, 0.717) is 6.47 Å². The van der Waals surface area contributed by atoms with Crippen LogP contribution in [0.4, 0.5) is 0 Å². The van der Waals surface area contributed by atoms with Gasteiger partial charge in [0.15, 0.2) is 0 Å². The zero-order chi connectivity index (χ0) is 16.8. The van der Waals surface area contributed by atoms with E-state index >= 15 is 0 Å². The van der Waals surface area contributed by atoms with Crippen molar-refractivity contribution in [1.82, 2.24) is 0 Å². The predicted molar refractivity (Wildman–Crippen MR) is 91.2 cm³/mol. The fourth-order valence-electron chi connectivity index (χ4n) is 2.61. The Bertz CT molecular complexity index is 295. The van der Waals surface area contributed by atoms with Gasteiger partial charge in [-0.05, 0) is 19.8 Å². The van der Waals surface area contributed by atoms with Crippen LogP contribution in [0.25, 0.3) is 0 Å². The third kappa shape index (κ3) is 9.11. The molecule has 0 spiro atoms. The van der Waals surface area contributed by atoms with Crippen LogP contribution in [-0.2, 0) is 19.1 Å². The summed E-state index contributed by atoms with van der Waals surface area (Å²) in [5.41, 5.74) is -0.470. The van der Waals surface area contributed by atoms with Gasteiger partial charge >= 0.3 is 5.97 Å². The van der Waals surface area contributed by atoms with E-state index in [9.17, 15) is 9.59 Å². The van der Waals surface area contributed by atoms with E-state index in [0.717, 1.165) is 38.5 Å². The summed E-state index contributed by atoms with van der Waals surface area (Å²) in [6.45, 7) is 6.66. The second kappa shape index (κ2) is 12.5. The maximum absolute atomic E-state index is 12.5. The summed E-state index contributed by atoms with van der Waals surface area (Å²) in [5.74, 6) is -0.241. The van der Waals surface area contributed by atoms with Gasteiger partial charge in [0, 0.05) is 0 Å². The van der Waals surface area contributed by atoms with Gasteiger partial charge in [-0.3, -0.25) is 9.59 Å². The standard InChI is InChI=1S/C17H33BO4/c1-4-6-8-10-12-17(3,13-11-9-7-5-2)15(20)22-16(18)21-14-19/h14,16H,4-13,18H2,1-3H3. The minimum Gasteiger partial charge on any atom is -0.437 e. The summed E-state index contributed by atoms with van der Waals surface area (Å²) in [5, 5.41) is 0. The molecule has 1 unspecified atom stereocenters. The first-order valence-electron chi connectivity index (χ1n) is 8.80. The monoisotopic (exact) mass is 312 g/mol. The van der Waals surface area contributed by atoms with Crippen molar-refractivity contribution in [3.05, 3.63) is 0 Å². The zero-order valence-electron chi connectivity index (χ0n) is 14.9. The van der Waals surface area contributed by atoms with Gasteiger partial charge in [0.2, 0.25) is 14.0 Å². The second-order valence-electron chi connectivity index (χ2n) is 6.39. The van der Waals surface area contributed by atoms with Crippen molar-refractivity contribution in [2.45, 2.75) is 91.2 Å². The topological polar surface area (TPSA) is 52.6 Å². The minimum atomic E-state index is -0.810. The molecule has 0 heterocycles. The first kappa shape index (κ1) is 21.0. The van der Waals surface area contributed by atoms with Crippen molar-refractivity contribution < 1.29 is 19.1 Å². The Labute approximate surface area is 136 Å². The molecule has 0 aromatic heterocycles. The summed E-state index contributed by atoms with van der Waals surface area (Å²) < 4.78 is 9.95. The molecule has 1 atom stereocenters. The highest BCUT2D eigenvalue weighted by atomic mass is 16.7. The van der Waals surface area contributed by atoms with Crippen molar-refractivity contribution in [3.8, 4) is 0 Å². The van der Waals surface area contributed by atoms with E-state index in [1.807, 2.05) is 6.92 Å². The molecule has 0 bridgehead atoms. The van der Waals surface area contributed by atoms with Crippen LogP contribution in [0.15, 0.2) is 0 Å². The van der Waals surface area contributed by atoms with Crippen molar-refractivity contribution in [3.63, 3.8) is 0 Å². The fraction of sp³-hybridized carbons (Fsp3) is 0.882. The molecule has 0 saturated carbocycles. The molecule has 0 radical (unpaired) electrons. The van der Waals surface area contributed by atoms with Gasteiger partial charge in [-0.25, -0.2) is 0 Å². The van der Waals surface area contributed by atoms with Crippen molar-refractivity contribution >= 4 is 20.3 Å². The van der Waals surface area contributed by atoms with Crippen LogP contribution in [0.3, 0.4) is 0 Å². The fourth-order valence-corrected chi connectivity index (χ4v) is 2.61. The Morgan fingerprint density at radius 2 is 1.55 bits per heavy atom. The first-order chi connectivity index (χ1) is 10.5. The van der Waals surface area contributed by atoms with Crippen LogP contribution in [-0.4, -0.2) is 26.5 Å². The number of carbonyl (C=O) groups is 2. The predicted octanol–water partition coefficient (Wildman–Crippen LogP) is 3.57. The van der Waals surface area contributed by atoms with Gasteiger partial charge in [-0.15, -0.1) is 0 Å². The van der Waals surface area contributed by atoms with Gasteiger partial charge in [-0.2, -0.15) is 0 Å². The molecule has 0 aromatic carbocycles. The van der Waals surface area contributed by atoms with Crippen LogP contribution in [0.1, 0.15) is 85.0 Å². The van der Waals surface area contributed by atoms with Gasteiger partial charge in [0.05, 0.1) is 5.41 Å². The molecule has 5 heteroatoms. The van der Waals surface area contributed by atoms with E-state index in [-0.39, 0.29) is 5.97 Å². The second-order valence-corrected chi connectivity index (χ2v) is 6.39. The Morgan fingerprint density at radius 3 is 1.95 bits per heavy atom. The maximum Gasteiger partial charge on any atom is 0.314 e. The normalized spacial score (nSPS) is 12.7. The first-order valence-corrected chi connectivity index (χ1v) is 8.80. The number of esters is 1. The smallest absolute Gasteiger partial charge is 0.314 e. The molecular weight excluding hydrogens is 279 g/mol. The number of hydrogen-bond acceptors (Lipinski definition) is 4. The molecular formula is C17H33BO4. The van der Waals surface area contributed by atoms with Crippen LogP contribution >= 0.6 is 0 Å². The van der Waals surface area contributed by atoms with Crippen molar-refractivity contribution in [1.29, 1.82) is 0 Å². The minimum absolute atomic E-state index is 0.241. The molecule has 0 rings (SSSR count). The highest BCUT2D eigenvalue weighted by Crippen LogP contribution is 2.33. The summed E-state index contributed by atoms with van der Waals surface area (Å²) in [6, 6.07) is 0. The molecule has 0 saturated heterocycles. The Morgan fingerprint density at radius 1 is 1.05 bits per heavy atom. The number of ether oxygens (including phenoxy) is 2. The molecule has 0 fully saturated rings. The van der Waals surface area contributed by atoms with Crippen LogP contribution < -0.4 is 0 Å². The van der Waals surface area contributed by atoms with E-state index in [4.69, 9.17) is 4.74 Å².